The predicted molar refractivity (Wildman–Crippen MR) is 304 cm³/mol. The molecule has 6 aromatic heterocycles. The second-order valence-electron chi connectivity index (χ2n) is 18.9. The summed E-state index contributed by atoms with van der Waals surface area (Å²) in [6, 6.07) is 40.6. The van der Waals surface area contributed by atoms with Crippen LogP contribution in [-0.2, 0) is 31.6 Å². The molecular formula is C63H40BrF9N6O7. The van der Waals surface area contributed by atoms with Crippen molar-refractivity contribution in [3.8, 4) is 5.75 Å². The van der Waals surface area contributed by atoms with E-state index in [2.05, 4.69) is 35.9 Å². The number of nitrogens with one attached hydrogen (secondary N) is 1. The van der Waals surface area contributed by atoms with Gasteiger partial charge in [-0.2, -0.15) is 39.5 Å². The Balaban J connectivity index is 0.000000156. The number of pyridine rings is 6. The first-order chi connectivity index (χ1) is 40.9. The van der Waals surface area contributed by atoms with E-state index in [4.69, 9.17) is 4.74 Å². The number of para-hydroxylation sites is 3. The zero-order valence-corrected chi connectivity index (χ0v) is 45.8. The molecule has 86 heavy (non-hydrogen) atoms. The average Bonchev–Trinajstić information content (AvgIpc) is 1.43. The highest BCUT2D eigenvalue weighted by Crippen LogP contribution is 2.30. The van der Waals surface area contributed by atoms with E-state index in [1.165, 1.54) is 18.6 Å². The fraction of sp³-hybridized carbons (Fsp3) is 0.0952. The number of ether oxygens (including phenoxy) is 1. The number of hydrogen-bond acceptors (Lipinski definition) is 10. The summed E-state index contributed by atoms with van der Waals surface area (Å²) in [5.41, 5.74) is -1.74. The number of aromatic amines is 1. The van der Waals surface area contributed by atoms with E-state index in [-0.39, 0.29) is 33.4 Å². The first-order valence-electron chi connectivity index (χ1n) is 25.4. The van der Waals surface area contributed by atoms with Gasteiger partial charge in [-0.1, -0.05) is 76.6 Å². The number of hydrogen-bond donors (Lipinski definition) is 1. The lowest BCUT2D eigenvalue weighted by molar-refractivity contribution is -0.142. The minimum Gasteiger partial charge on any atom is -0.497 e. The first-order valence-corrected chi connectivity index (χ1v) is 26.1. The number of carbonyl (C=O) groups excluding carboxylic acids is 3. The SMILES string of the molecule is COc1ccc(Cn2cc(C(=O)c3ccc(C(F)(F)F)nc3)c(=O)c3ccccc32)cc1.O=C(c1ccc(C(F)(F)F)nc1)c1c[nH]c2ccccc2c1=O.O=C(c1ccc(C(F)(F)F)nc1)c1cn(Cc2cccc(Br)c2)c2ccccc2c1=O. The molecule has 0 spiro atoms. The van der Waals surface area contributed by atoms with Crippen LogP contribution in [0.25, 0.3) is 32.7 Å². The number of halogens is 10. The Morgan fingerprint density at radius 2 is 0.884 bits per heavy atom. The van der Waals surface area contributed by atoms with Gasteiger partial charge >= 0.3 is 18.5 Å². The number of ketones is 3. The number of methoxy groups -OCH3 is 1. The maximum atomic E-state index is 13.0. The van der Waals surface area contributed by atoms with Crippen molar-refractivity contribution in [1.29, 1.82) is 0 Å². The zero-order chi connectivity index (χ0) is 61.7. The van der Waals surface area contributed by atoms with Gasteiger partial charge in [-0.15, -0.1) is 0 Å². The number of nitrogens with zero attached hydrogens (tertiary/aromatic N) is 5. The Morgan fingerprint density at radius 1 is 0.477 bits per heavy atom. The van der Waals surface area contributed by atoms with Gasteiger partial charge in [-0.05, 0) is 108 Å². The third-order valence-corrected chi connectivity index (χ3v) is 13.7. The maximum Gasteiger partial charge on any atom is 0.433 e. The molecule has 0 atom stereocenters. The predicted octanol–water partition coefficient (Wildman–Crippen LogP) is 13.3. The molecule has 0 saturated heterocycles. The molecule has 1 N–H and O–H groups in total. The molecule has 5 aromatic carbocycles. The van der Waals surface area contributed by atoms with Gasteiger partial charge in [0, 0.05) is 93.1 Å². The second-order valence-corrected chi connectivity index (χ2v) is 19.8. The van der Waals surface area contributed by atoms with Crippen LogP contribution in [0.2, 0.25) is 0 Å². The van der Waals surface area contributed by atoms with Gasteiger partial charge in [-0.25, -0.2) is 0 Å². The Morgan fingerprint density at radius 3 is 1.30 bits per heavy atom. The summed E-state index contributed by atoms with van der Waals surface area (Å²) in [4.78, 5) is 89.4. The van der Waals surface area contributed by atoms with Crippen LogP contribution < -0.4 is 21.0 Å². The van der Waals surface area contributed by atoms with Crippen molar-refractivity contribution >= 4 is 66.0 Å². The van der Waals surface area contributed by atoms with E-state index >= 15 is 0 Å². The number of H-pyrrole nitrogens is 1. The highest BCUT2D eigenvalue weighted by molar-refractivity contribution is 9.10. The Kier molecular flexibility index (Phi) is 17.5. The van der Waals surface area contributed by atoms with Gasteiger partial charge in [-0.3, -0.25) is 43.7 Å². The van der Waals surface area contributed by atoms with Crippen LogP contribution in [0.4, 0.5) is 39.5 Å². The highest BCUT2D eigenvalue weighted by atomic mass is 79.9. The summed E-state index contributed by atoms with van der Waals surface area (Å²) in [5.74, 6) is -1.35. The van der Waals surface area contributed by atoms with E-state index in [1.807, 2.05) is 36.4 Å². The van der Waals surface area contributed by atoms with Crippen molar-refractivity contribution in [1.82, 2.24) is 29.1 Å². The van der Waals surface area contributed by atoms with Crippen molar-refractivity contribution < 1.29 is 58.6 Å². The molecule has 11 rings (SSSR count). The fourth-order valence-corrected chi connectivity index (χ4v) is 9.37. The molecule has 0 aliphatic heterocycles. The van der Waals surface area contributed by atoms with E-state index < -0.39 is 69.2 Å². The molecule has 434 valence electrons. The highest BCUT2D eigenvalue weighted by Gasteiger charge is 2.34. The monoisotopic (exact) mass is 1240 g/mol. The Labute approximate surface area is 487 Å². The van der Waals surface area contributed by atoms with Gasteiger partial charge in [0.1, 0.15) is 22.8 Å². The number of fused-ring (bicyclic) bond motifs is 3. The van der Waals surface area contributed by atoms with Crippen molar-refractivity contribution in [2.75, 3.05) is 7.11 Å². The van der Waals surface area contributed by atoms with Gasteiger partial charge in [0.05, 0.1) is 34.8 Å². The molecule has 23 heteroatoms. The van der Waals surface area contributed by atoms with Crippen molar-refractivity contribution in [3.63, 3.8) is 0 Å². The number of aromatic nitrogens is 6. The number of alkyl halides is 9. The first kappa shape index (κ1) is 60.4. The molecule has 0 amide bonds. The van der Waals surface area contributed by atoms with E-state index in [0.717, 1.165) is 64.5 Å². The van der Waals surface area contributed by atoms with Gasteiger partial charge in [0.15, 0.2) is 17.3 Å². The smallest absolute Gasteiger partial charge is 0.433 e. The molecule has 0 unspecified atom stereocenters. The summed E-state index contributed by atoms with van der Waals surface area (Å²) in [6.45, 7) is 0.766. The van der Waals surface area contributed by atoms with E-state index in [1.54, 1.807) is 101 Å². The van der Waals surface area contributed by atoms with Crippen LogP contribution in [-0.4, -0.2) is 53.5 Å². The van der Waals surface area contributed by atoms with Crippen molar-refractivity contribution in [2.24, 2.45) is 0 Å². The van der Waals surface area contributed by atoms with Crippen LogP contribution in [0.1, 0.15) is 76.0 Å². The quantitative estimate of drug-likeness (QED) is 0.0969. The molecule has 11 aromatic rings. The fourth-order valence-electron chi connectivity index (χ4n) is 8.93. The van der Waals surface area contributed by atoms with Crippen LogP contribution in [0, 0.1) is 0 Å². The molecule has 0 aliphatic carbocycles. The van der Waals surface area contributed by atoms with Gasteiger partial charge in [0.25, 0.3) is 0 Å². The minimum atomic E-state index is -4.62. The lowest BCUT2D eigenvalue weighted by atomic mass is 10.0. The molecule has 6 heterocycles. The summed E-state index contributed by atoms with van der Waals surface area (Å²) in [6.07, 6.45) is -7.16. The van der Waals surface area contributed by atoms with E-state index in [0.29, 0.717) is 57.6 Å². The van der Waals surface area contributed by atoms with Crippen LogP contribution in [0.15, 0.2) is 214 Å². The standard InChI is InChI=1S/C24H17F3N2O3.C23H14BrF3N2O2.C16H9F3N2O2/c1-32-17-9-6-15(7-10-17)13-29-14-19(23(31)18-4-2-3-5-20(18)29)22(30)16-8-11-21(28-12-16)24(25,26)27;24-16-5-3-4-14(10-16)12-29-13-18(22(31)17-6-1-2-7-19(17)29)21(30)15-8-9-20(28-11-15)23(25,26)27;17-16(18,19)13-6-5-9(7-21-13)14(22)11-8-20-12-4-2-1-3-10(12)15(11)23/h2-12,14H,13H2,1H3;1-11,13H,12H2;1-8H,(H,20,23). The molecule has 0 radical (unpaired) electrons. The largest absolute Gasteiger partial charge is 0.497 e. The Bertz CT molecular complexity index is 4550. The normalized spacial score (nSPS) is 11.6. The zero-order valence-electron chi connectivity index (χ0n) is 44.3. The number of rotatable bonds is 11. The summed E-state index contributed by atoms with van der Waals surface area (Å²) >= 11 is 3.42. The minimum absolute atomic E-state index is 0.0845. The topological polar surface area (TPSA) is 176 Å². The molecule has 13 nitrogen and oxygen atoms in total. The van der Waals surface area contributed by atoms with Crippen LogP contribution in [0.5, 0.6) is 5.75 Å². The molecule has 0 fully saturated rings. The molecule has 0 bridgehead atoms. The second kappa shape index (κ2) is 25.0. The third-order valence-electron chi connectivity index (χ3n) is 13.2. The lowest BCUT2D eigenvalue weighted by Gasteiger charge is -2.14. The van der Waals surface area contributed by atoms with Crippen LogP contribution >= 0.6 is 15.9 Å². The van der Waals surface area contributed by atoms with Crippen LogP contribution in [0.3, 0.4) is 0 Å². The lowest BCUT2D eigenvalue weighted by Crippen LogP contribution is -2.20. The summed E-state index contributed by atoms with van der Waals surface area (Å²) in [7, 11) is 1.57. The van der Waals surface area contributed by atoms with Gasteiger partial charge in [0.2, 0.25) is 16.3 Å². The van der Waals surface area contributed by atoms with Crippen molar-refractivity contribution in [2.45, 2.75) is 31.6 Å². The maximum absolute atomic E-state index is 13.0. The number of carbonyl (C=O) groups is 3. The third kappa shape index (κ3) is 13.6. The van der Waals surface area contributed by atoms with Gasteiger partial charge < -0.3 is 18.9 Å². The molecular weight excluding hydrogens is 1200 g/mol. The molecule has 0 saturated carbocycles. The number of benzene rings is 5. The summed E-state index contributed by atoms with van der Waals surface area (Å²) in [5, 5.41) is 1.02. The Hall–Kier alpha value is -10.2. The summed E-state index contributed by atoms with van der Waals surface area (Å²) < 4.78 is 124. The average molecular weight is 1240 g/mol. The van der Waals surface area contributed by atoms with E-state index in [9.17, 15) is 68.3 Å². The van der Waals surface area contributed by atoms with Crippen molar-refractivity contribution in [3.05, 3.63) is 292 Å². The molecule has 0 aliphatic rings.